The smallest absolute Gasteiger partial charge is 0.0464 e. The largest absolute Gasteiger partial charge is 0.143 e. The fourth-order valence-electron chi connectivity index (χ4n) is 0.645. The summed E-state index contributed by atoms with van der Waals surface area (Å²) in [6.07, 6.45) is 0. The van der Waals surface area contributed by atoms with Crippen molar-refractivity contribution in [1.82, 2.24) is 0 Å². The molecule has 1 radical (unpaired) electrons. The highest BCUT2D eigenvalue weighted by atomic mass is 32.1. The van der Waals surface area contributed by atoms with Crippen LogP contribution in [0.25, 0.3) is 9.40 Å². The van der Waals surface area contributed by atoms with E-state index in [2.05, 4.69) is 16.8 Å². The van der Waals surface area contributed by atoms with Gasteiger partial charge in [0, 0.05) is 14.8 Å². The molecule has 0 aromatic carbocycles. The third-order valence-corrected chi connectivity index (χ3v) is 2.82. The van der Waals surface area contributed by atoms with Crippen molar-refractivity contribution in [1.29, 1.82) is 0 Å². The molecule has 2 rings (SSSR count). The molecule has 0 unspecified atom stereocenters. The molecule has 0 nitrogen and oxygen atoms in total. The Bertz CT molecular complexity index is 228. The summed E-state index contributed by atoms with van der Waals surface area (Å²) in [7, 11) is 0. The third-order valence-electron chi connectivity index (χ3n) is 1.02. The van der Waals surface area contributed by atoms with Gasteiger partial charge in [0.05, 0.1) is 0 Å². The van der Waals surface area contributed by atoms with Gasteiger partial charge in [0.2, 0.25) is 0 Å². The summed E-state index contributed by atoms with van der Waals surface area (Å²) in [4.78, 5) is 0. The van der Waals surface area contributed by atoms with Crippen LogP contribution in [0.2, 0.25) is 0 Å². The van der Waals surface area contributed by atoms with E-state index >= 15 is 0 Å². The van der Waals surface area contributed by atoms with Crippen molar-refractivity contribution < 1.29 is 0 Å². The molecular formula is C6H3S2. The van der Waals surface area contributed by atoms with Gasteiger partial charge in [-0.05, 0) is 17.5 Å². The van der Waals surface area contributed by atoms with E-state index in [0.717, 1.165) is 0 Å². The predicted octanol–water partition coefficient (Wildman–Crippen LogP) is 2.76. The van der Waals surface area contributed by atoms with Gasteiger partial charge in [-0.1, -0.05) is 0 Å². The summed E-state index contributed by atoms with van der Waals surface area (Å²) in [5.74, 6) is 0. The number of hydrogen-bond donors (Lipinski definition) is 0. The minimum atomic E-state index is 1.36. The van der Waals surface area contributed by atoms with Crippen LogP contribution < -0.4 is 0 Å². The third kappa shape index (κ3) is 0.501. The van der Waals surface area contributed by atoms with E-state index < -0.39 is 0 Å². The van der Waals surface area contributed by atoms with Gasteiger partial charge in [-0.3, -0.25) is 0 Å². The fraction of sp³-hybridized carbons (Fsp3) is 0. The van der Waals surface area contributed by atoms with Crippen molar-refractivity contribution >= 4 is 32.1 Å². The Hall–Kier alpha value is -0.340. The molecular weight excluding hydrogens is 136 g/mol. The summed E-state index contributed by atoms with van der Waals surface area (Å²) < 4.78 is 2.71. The molecule has 2 heteroatoms. The van der Waals surface area contributed by atoms with E-state index in [0.29, 0.717) is 0 Å². The summed E-state index contributed by atoms with van der Waals surface area (Å²) in [5, 5.41) is 5.18. The van der Waals surface area contributed by atoms with Gasteiger partial charge in [0.25, 0.3) is 0 Å². The molecule has 0 bridgehead atoms. The van der Waals surface area contributed by atoms with E-state index in [1.807, 2.05) is 6.07 Å². The van der Waals surface area contributed by atoms with Crippen molar-refractivity contribution in [2.24, 2.45) is 0 Å². The number of fused-ring (bicyclic) bond motifs is 1. The first-order chi connectivity index (χ1) is 3.97. The van der Waals surface area contributed by atoms with Crippen molar-refractivity contribution in [3.63, 3.8) is 0 Å². The molecule has 0 aliphatic carbocycles. The maximum Gasteiger partial charge on any atom is 0.0464 e. The van der Waals surface area contributed by atoms with Crippen LogP contribution in [0.1, 0.15) is 0 Å². The zero-order valence-electron chi connectivity index (χ0n) is 4.05. The quantitative estimate of drug-likeness (QED) is 0.526. The van der Waals surface area contributed by atoms with Crippen LogP contribution in [0.15, 0.2) is 17.5 Å². The molecule has 0 saturated carbocycles. The molecule has 0 amide bonds. The van der Waals surface area contributed by atoms with Crippen molar-refractivity contribution in [3.8, 4) is 0 Å². The fourth-order valence-corrected chi connectivity index (χ4v) is 2.34. The van der Waals surface area contributed by atoms with E-state index in [4.69, 9.17) is 0 Å². The molecule has 2 aromatic rings. The van der Waals surface area contributed by atoms with Crippen LogP contribution in [0.5, 0.6) is 0 Å². The topological polar surface area (TPSA) is 0 Å². The lowest BCUT2D eigenvalue weighted by Gasteiger charge is -1.63. The molecule has 8 heavy (non-hydrogen) atoms. The molecule has 0 aliphatic heterocycles. The van der Waals surface area contributed by atoms with Gasteiger partial charge in [0.1, 0.15) is 0 Å². The minimum Gasteiger partial charge on any atom is -0.143 e. The van der Waals surface area contributed by atoms with Crippen LogP contribution >= 0.6 is 22.7 Å². The average Bonchev–Trinajstić information content (AvgIpc) is 2.15. The summed E-state index contributed by atoms with van der Waals surface area (Å²) >= 11 is 3.45. The molecule has 0 saturated heterocycles. The molecule has 2 heterocycles. The first-order valence-electron chi connectivity index (χ1n) is 2.30. The molecule has 2 aromatic heterocycles. The Morgan fingerprint density at radius 3 is 3.25 bits per heavy atom. The first-order valence-corrected chi connectivity index (χ1v) is 3.99. The molecule has 0 fully saturated rings. The molecule has 39 valence electrons. The van der Waals surface area contributed by atoms with Gasteiger partial charge < -0.3 is 0 Å². The Balaban J connectivity index is 3.06. The van der Waals surface area contributed by atoms with Gasteiger partial charge >= 0.3 is 0 Å². The highest BCUT2D eigenvalue weighted by Gasteiger charge is 1.91. The van der Waals surface area contributed by atoms with Gasteiger partial charge in [-0.25, -0.2) is 0 Å². The van der Waals surface area contributed by atoms with E-state index in [1.54, 1.807) is 22.7 Å². The van der Waals surface area contributed by atoms with E-state index in [1.165, 1.54) is 9.40 Å². The Morgan fingerprint density at radius 2 is 2.38 bits per heavy atom. The Labute approximate surface area is 55.4 Å². The lowest BCUT2D eigenvalue weighted by atomic mass is 10.5. The number of hydrogen-bond acceptors (Lipinski definition) is 2. The molecule has 0 atom stereocenters. The SMILES string of the molecule is [c]1cc2sccc2s1. The lowest BCUT2D eigenvalue weighted by Crippen LogP contribution is -1.33. The Morgan fingerprint density at radius 1 is 1.38 bits per heavy atom. The zero-order valence-corrected chi connectivity index (χ0v) is 5.68. The van der Waals surface area contributed by atoms with Crippen LogP contribution in [0.3, 0.4) is 0 Å². The van der Waals surface area contributed by atoms with Crippen LogP contribution in [-0.2, 0) is 0 Å². The summed E-state index contributed by atoms with van der Waals surface area (Å²) in [5.41, 5.74) is 0. The average molecular weight is 139 g/mol. The molecule has 0 aliphatic rings. The second-order valence-corrected chi connectivity index (χ2v) is 3.34. The predicted molar refractivity (Wildman–Crippen MR) is 38.5 cm³/mol. The maximum absolute atomic E-state index is 3.07. The first kappa shape index (κ1) is 4.53. The minimum absolute atomic E-state index is 1.36. The van der Waals surface area contributed by atoms with Crippen molar-refractivity contribution in [2.45, 2.75) is 0 Å². The van der Waals surface area contributed by atoms with Crippen molar-refractivity contribution in [3.05, 3.63) is 22.9 Å². The summed E-state index contributed by atoms with van der Waals surface area (Å²) in [6.45, 7) is 0. The normalized spacial score (nSPS) is 10.5. The van der Waals surface area contributed by atoms with Crippen LogP contribution in [0, 0.1) is 5.38 Å². The second-order valence-electron chi connectivity index (χ2n) is 1.51. The van der Waals surface area contributed by atoms with Gasteiger partial charge in [-0.15, -0.1) is 22.7 Å². The maximum atomic E-state index is 3.07. The Kier molecular flexibility index (Phi) is 0.889. The van der Waals surface area contributed by atoms with Crippen LogP contribution in [0.4, 0.5) is 0 Å². The van der Waals surface area contributed by atoms with Crippen LogP contribution in [-0.4, -0.2) is 0 Å². The lowest BCUT2D eigenvalue weighted by molar-refractivity contribution is 2.21. The molecule has 0 spiro atoms. The number of thiophene rings is 2. The van der Waals surface area contributed by atoms with Gasteiger partial charge in [-0.2, -0.15) is 0 Å². The van der Waals surface area contributed by atoms with E-state index in [9.17, 15) is 0 Å². The van der Waals surface area contributed by atoms with Gasteiger partial charge in [0.15, 0.2) is 0 Å². The zero-order chi connectivity index (χ0) is 5.40. The standard InChI is InChI=1S/C6H3S2/c1-3-7-6-2-4-8-5(1)6/h1-3H. The second kappa shape index (κ2) is 1.57. The van der Waals surface area contributed by atoms with Crippen molar-refractivity contribution in [2.75, 3.05) is 0 Å². The highest BCUT2D eigenvalue weighted by molar-refractivity contribution is 7.25. The van der Waals surface area contributed by atoms with E-state index in [-0.39, 0.29) is 0 Å². The molecule has 0 N–H and O–H groups in total. The number of rotatable bonds is 0. The highest BCUT2D eigenvalue weighted by Crippen LogP contribution is 2.24. The monoisotopic (exact) mass is 139 g/mol. The summed E-state index contributed by atoms with van der Waals surface area (Å²) in [6, 6.07) is 4.16.